The van der Waals surface area contributed by atoms with Gasteiger partial charge in [-0.25, -0.2) is 4.39 Å². The van der Waals surface area contributed by atoms with Gasteiger partial charge in [0.15, 0.2) is 0 Å². The average Bonchev–Trinajstić information content (AvgIpc) is 3.03. The minimum absolute atomic E-state index is 0.185. The van der Waals surface area contributed by atoms with Crippen LogP contribution >= 0.6 is 11.6 Å². The number of carbonyl (C=O) groups excluding carboxylic acids is 1. The molecule has 1 fully saturated rings. The Morgan fingerprint density at radius 1 is 1.15 bits per heavy atom. The highest BCUT2D eigenvalue weighted by molar-refractivity contribution is 6.30. The minimum atomic E-state index is -0.369. The molecule has 140 valence electrons. The molecule has 27 heavy (non-hydrogen) atoms. The van der Waals surface area contributed by atoms with Crippen molar-refractivity contribution in [2.45, 2.75) is 44.7 Å². The Balaban J connectivity index is 1.69. The van der Waals surface area contributed by atoms with Crippen LogP contribution in [0.15, 0.2) is 48.7 Å². The molecule has 1 heterocycles. The van der Waals surface area contributed by atoms with Crippen molar-refractivity contribution in [2.24, 2.45) is 0 Å². The maximum absolute atomic E-state index is 14.6. The van der Waals surface area contributed by atoms with Crippen LogP contribution in [0.3, 0.4) is 0 Å². The summed E-state index contributed by atoms with van der Waals surface area (Å²) in [4.78, 5) is 12.9. The molecular formula is C22H22ClFN2O. The molecule has 3 aromatic rings. The third-order valence-corrected chi connectivity index (χ3v) is 5.52. The summed E-state index contributed by atoms with van der Waals surface area (Å²) < 4.78 is 16.5. The van der Waals surface area contributed by atoms with Gasteiger partial charge in [0.2, 0.25) is 0 Å². The second-order valence-corrected chi connectivity index (χ2v) is 7.68. The smallest absolute Gasteiger partial charge is 0.253 e. The van der Waals surface area contributed by atoms with Crippen molar-refractivity contribution in [3.05, 3.63) is 70.6 Å². The molecule has 1 N–H and O–H groups in total. The first kappa shape index (κ1) is 18.1. The molecule has 2 aromatic carbocycles. The zero-order chi connectivity index (χ0) is 18.8. The monoisotopic (exact) mass is 384 g/mol. The molecule has 0 radical (unpaired) electrons. The van der Waals surface area contributed by atoms with Gasteiger partial charge in [0.05, 0.1) is 11.1 Å². The number of fused-ring (bicyclic) bond motifs is 1. The number of rotatable bonds is 4. The van der Waals surface area contributed by atoms with Gasteiger partial charge in [0, 0.05) is 29.2 Å². The average molecular weight is 385 g/mol. The Hall–Kier alpha value is -2.33. The predicted octanol–water partition coefficient (Wildman–Crippen LogP) is 5.54. The van der Waals surface area contributed by atoms with Gasteiger partial charge in [0.25, 0.3) is 5.91 Å². The van der Waals surface area contributed by atoms with Crippen LogP contribution in [-0.4, -0.2) is 16.5 Å². The maximum Gasteiger partial charge on any atom is 0.253 e. The van der Waals surface area contributed by atoms with Gasteiger partial charge < -0.3 is 9.88 Å². The van der Waals surface area contributed by atoms with E-state index in [2.05, 4.69) is 5.32 Å². The number of nitrogens with one attached hydrogen (secondary N) is 1. The van der Waals surface area contributed by atoms with Gasteiger partial charge in [-0.2, -0.15) is 0 Å². The van der Waals surface area contributed by atoms with Gasteiger partial charge in [-0.3, -0.25) is 4.79 Å². The maximum atomic E-state index is 14.6. The fourth-order valence-electron chi connectivity index (χ4n) is 3.95. The fourth-order valence-corrected chi connectivity index (χ4v) is 4.17. The van der Waals surface area contributed by atoms with Crippen LogP contribution in [0.5, 0.6) is 0 Å². The highest BCUT2D eigenvalue weighted by atomic mass is 35.5. The molecule has 1 aliphatic rings. The topological polar surface area (TPSA) is 34.0 Å². The molecule has 0 aliphatic heterocycles. The lowest BCUT2D eigenvalue weighted by molar-refractivity contribution is 0.0929. The molecule has 1 amide bonds. The van der Waals surface area contributed by atoms with Crippen LogP contribution < -0.4 is 5.32 Å². The second-order valence-electron chi connectivity index (χ2n) is 7.24. The van der Waals surface area contributed by atoms with Crippen molar-refractivity contribution >= 4 is 28.4 Å². The predicted molar refractivity (Wildman–Crippen MR) is 107 cm³/mol. The molecule has 1 aromatic heterocycles. The highest BCUT2D eigenvalue weighted by Crippen LogP contribution is 2.27. The number of amides is 1. The van der Waals surface area contributed by atoms with E-state index in [0.717, 1.165) is 31.2 Å². The minimum Gasteiger partial charge on any atom is -0.349 e. The summed E-state index contributed by atoms with van der Waals surface area (Å²) in [6.07, 6.45) is 7.24. The largest absolute Gasteiger partial charge is 0.349 e. The van der Waals surface area contributed by atoms with Crippen molar-refractivity contribution in [1.29, 1.82) is 0 Å². The van der Waals surface area contributed by atoms with Gasteiger partial charge >= 0.3 is 0 Å². The third-order valence-electron chi connectivity index (χ3n) is 5.28. The molecule has 0 spiro atoms. The number of hydrogen-bond donors (Lipinski definition) is 1. The number of hydrogen-bond acceptors (Lipinski definition) is 1. The van der Waals surface area contributed by atoms with Gasteiger partial charge in [0.1, 0.15) is 5.82 Å². The lowest BCUT2D eigenvalue weighted by Crippen LogP contribution is -2.36. The van der Waals surface area contributed by atoms with Crippen molar-refractivity contribution in [1.82, 2.24) is 9.88 Å². The van der Waals surface area contributed by atoms with E-state index in [0.29, 0.717) is 28.0 Å². The van der Waals surface area contributed by atoms with E-state index in [1.807, 2.05) is 34.9 Å². The highest BCUT2D eigenvalue weighted by Gasteiger charge is 2.22. The van der Waals surface area contributed by atoms with E-state index >= 15 is 0 Å². The van der Waals surface area contributed by atoms with E-state index in [4.69, 9.17) is 11.6 Å². The number of nitrogens with zero attached hydrogens (tertiary/aromatic N) is 1. The molecule has 0 saturated heterocycles. The Bertz CT molecular complexity index is 976. The Labute approximate surface area is 163 Å². The summed E-state index contributed by atoms with van der Waals surface area (Å²) in [6.45, 7) is 0.525. The molecule has 1 aliphatic carbocycles. The van der Waals surface area contributed by atoms with Gasteiger partial charge in [-0.05, 0) is 42.7 Å². The molecule has 4 rings (SSSR count). The first-order valence-corrected chi connectivity index (χ1v) is 9.82. The Morgan fingerprint density at radius 2 is 1.93 bits per heavy atom. The van der Waals surface area contributed by atoms with Gasteiger partial charge in [-0.1, -0.05) is 49.1 Å². The summed E-state index contributed by atoms with van der Waals surface area (Å²) in [6, 6.07) is 12.7. The standard InChI is InChI=1S/C22H22ClFN2O/c23-16-7-4-6-15(12-16)13-26-14-18(21-19(24)10-5-11-20(21)26)22(27)25-17-8-2-1-3-9-17/h4-7,10-12,14,17H,1-3,8-9,13H2,(H,25,27). The van der Waals surface area contributed by atoms with E-state index < -0.39 is 0 Å². The third kappa shape index (κ3) is 3.86. The number of carbonyl (C=O) groups is 1. The van der Waals surface area contributed by atoms with E-state index in [1.165, 1.54) is 12.5 Å². The van der Waals surface area contributed by atoms with Crippen molar-refractivity contribution in [3.63, 3.8) is 0 Å². The summed E-state index contributed by atoms with van der Waals surface area (Å²) in [5, 5.41) is 4.14. The summed E-state index contributed by atoms with van der Waals surface area (Å²) in [7, 11) is 0. The molecule has 5 heteroatoms. The van der Waals surface area contributed by atoms with Crippen LogP contribution in [0.25, 0.3) is 10.9 Å². The summed E-state index contributed by atoms with van der Waals surface area (Å²) in [5.41, 5.74) is 2.11. The Kier molecular flexibility index (Phi) is 5.17. The SMILES string of the molecule is O=C(NC1CCCCC1)c1cn(Cc2cccc(Cl)c2)c2cccc(F)c12. The van der Waals surface area contributed by atoms with E-state index in [-0.39, 0.29) is 17.8 Å². The Morgan fingerprint density at radius 3 is 2.70 bits per heavy atom. The van der Waals surface area contributed by atoms with E-state index in [9.17, 15) is 9.18 Å². The zero-order valence-corrected chi connectivity index (χ0v) is 15.8. The molecule has 3 nitrogen and oxygen atoms in total. The second kappa shape index (κ2) is 7.73. The lowest BCUT2D eigenvalue weighted by atomic mass is 9.95. The van der Waals surface area contributed by atoms with Crippen LogP contribution in [-0.2, 0) is 6.54 Å². The molecule has 0 unspecified atom stereocenters. The van der Waals surface area contributed by atoms with Crippen LogP contribution in [0.2, 0.25) is 5.02 Å². The van der Waals surface area contributed by atoms with E-state index in [1.54, 1.807) is 12.3 Å². The van der Waals surface area contributed by atoms with Crippen molar-refractivity contribution in [2.75, 3.05) is 0 Å². The normalized spacial score (nSPS) is 15.2. The molecule has 0 atom stereocenters. The lowest BCUT2D eigenvalue weighted by Gasteiger charge is -2.22. The van der Waals surface area contributed by atoms with Gasteiger partial charge in [-0.15, -0.1) is 0 Å². The number of aromatic nitrogens is 1. The molecule has 0 bridgehead atoms. The van der Waals surface area contributed by atoms with Crippen LogP contribution in [0.1, 0.15) is 48.0 Å². The summed E-state index contributed by atoms with van der Waals surface area (Å²) in [5.74, 6) is -0.562. The summed E-state index contributed by atoms with van der Waals surface area (Å²) >= 11 is 6.09. The first-order chi connectivity index (χ1) is 13.1. The zero-order valence-electron chi connectivity index (χ0n) is 15.1. The molecule has 1 saturated carbocycles. The van der Waals surface area contributed by atoms with Crippen LogP contribution in [0.4, 0.5) is 4.39 Å². The van der Waals surface area contributed by atoms with Crippen molar-refractivity contribution < 1.29 is 9.18 Å². The molecular weight excluding hydrogens is 363 g/mol. The first-order valence-electron chi connectivity index (χ1n) is 9.44. The quantitative estimate of drug-likeness (QED) is 0.629. The number of benzene rings is 2. The van der Waals surface area contributed by atoms with Crippen molar-refractivity contribution in [3.8, 4) is 0 Å². The van der Waals surface area contributed by atoms with Crippen LogP contribution in [0, 0.1) is 5.82 Å². The number of halogens is 2. The fraction of sp³-hybridized carbons (Fsp3) is 0.318.